The highest BCUT2D eigenvalue weighted by Crippen LogP contribution is 2.00. The summed E-state index contributed by atoms with van der Waals surface area (Å²) in [6.07, 6.45) is 0. The van der Waals surface area contributed by atoms with Gasteiger partial charge in [0.05, 0.1) is 0 Å². The van der Waals surface area contributed by atoms with Crippen molar-refractivity contribution in [3.8, 4) is 0 Å². The molecule has 0 bridgehead atoms. The number of hydrogen-bond acceptors (Lipinski definition) is 4. The number of anilines is 1. The fourth-order valence-corrected chi connectivity index (χ4v) is 0.628. The van der Waals surface area contributed by atoms with Crippen LogP contribution in [0.3, 0.4) is 0 Å². The molecule has 0 amide bonds. The molecule has 0 aliphatic rings. The van der Waals surface area contributed by atoms with Crippen LogP contribution in [0.15, 0.2) is 4.79 Å². The van der Waals surface area contributed by atoms with Crippen LogP contribution in [-0.4, -0.2) is 21.2 Å². The van der Waals surface area contributed by atoms with Crippen molar-refractivity contribution in [1.29, 1.82) is 0 Å². The quantitative estimate of drug-likeness (QED) is 0.386. The van der Waals surface area contributed by atoms with E-state index in [9.17, 15) is 4.79 Å². The van der Waals surface area contributed by atoms with E-state index in [4.69, 9.17) is 5.84 Å². The van der Waals surface area contributed by atoms with Crippen LogP contribution in [0.4, 0.5) is 5.95 Å². The Bertz CT molecular complexity index is 274. The van der Waals surface area contributed by atoms with E-state index in [1.165, 1.54) is 5.01 Å². The van der Waals surface area contributed by atoms with Crippen LogP contribution in [0.5, 0.6) is 0 Å². The molecule has 0 saturated carbocycles. The van der Waals surface area contributed by atoms with Gasteiger partial charge in [-0.05, 0) is 13.8 Å². The lowest BCUT2D eigenvalue weighted by Crippen LogP contribution is -2.38. The average molecular weight is 157 g/mol. The van der Waals surface area contributed by atoms with E-state index in [2.05, 4.69) is 15.2 Å². The van der Waals surface area contributed by atoms with Gasteiger partial charge in [-0.15, -0.1) is 0 Å². The number of hydrazine groups is 1. The zero-order chi connectivity index (χ0) is 8.43. The Labute approximate surface area is 63.4 Å². The highest BCUT2D eigenvalue weighted by molar-refractivity contribution is 5.24. The number of nitrogens with one attached hydrogen (secondary N) is 2. The van der Waals surface area contributed by atoms with Crippen LogP contribution in [0.25, 0.3) is 0 Å². The molecule has 0 aromatic carbocycles. The zero-order valence-corrected chi connectivity index (χ0v) is 6.46. The average Bonchev–Trinajstić information content (AvgIpc) is 2.34. The maximum atomic E-state index is 10.5. The lowest BCUT2D eigenvalue weighted by Gasteiger charge is -2.18. The standard InChI is InChI=1S/C5H11N5O/c1-3(2)10(6)4-7-5(11)9-8-4/h3H,6H2,1-2H3,(H2,7,8,9,11). The number of aromatic nitrogens is 3. The predicted molar refractivity (Wildman–Crippen MR) is 41.0 cm³/mol. The highest BCUT2D eigenvalue weighted by atomic mass is 16.1. The van der Waals surface area contributed by atoms with E-state index in [0.29, 0.717) is 5.95 Å². The summed E-state index contributed by atoms with van der Waals surface area (Å²) in [6, 6.07) is 0.106. The Morgan fingerprint density at radius 2 is 2.18 bits per heavy atom. The molecule has 0 aliphatic carbocycles. The Kier molecular flexibility index (Phi) is 1.95. The van der Waals surface area contributed by atoms with Gasteiger partial charge >= 0.3 is 5.69 Å². The third kappa shape index (κ3) is 1.58. The smallest absolute Gasteiger partial charge is 0.277 e. The second-order valence-electron chi connectivity index (χ2n) is 2.49. The number of aromatic amines is 2. The summed E-state index contributed by atoms with van der Waals surface area (Å²) >= 11 is 0. The molecule has 0 fully saturated rings. The summed E-state index contributed by atoms with van der Waals surface area (Å²) in [5.74, 6) is 5.88. The van der Waals surface area contributed by atoms with Gasteiger partial charge in [0.15, 0.2) is 0 Å². The first-order valence-electron chi connectivity index (χ1n) is 3.30. The summed E-state index contributed by atoms with van der Waals surface area (Å²) in [5, 5.41) is 6.20. The fourth-order valence-electron chi connectivity index (χ4n) is 0.628. The van der Waals surface area contributed by atoms with Crippen LogP contribution in [0.1, 0.15) is 13.8 Å². The molecule has 0 saturated heterocycles. The van der Waals surface area contributed by atoms with Crippen molar-refractivity contribution in [2.75, 3.05) is 5.01 Å². The van der Waals surface area contributed by atoms with Gasteiger partial charge in [0.2, 0.25) is 5.95 Å². The van der Waals surface area contributed by atoms with Crippen molar-refractivity contribution < 1.29 is 0 Å². The van der Waals surface area contributed by atoms with Crippen molar-refractivity contribution in [2.45, 2.75) is 19.9 Å². The van der Waals surface area contributed by atoms with Crippen LogP contribution >= 0.6 is 0 Å². The van der Waals surface area contributed by atoms with Gasteiger partial charge in [-0.2, -0.15) is 4.98 Å². The lowest BCUT2D eigenvalue weighted by molar-refractivity contribution is 0.689. The van der Waals surface area contributed by atoms with Crippen molar-refractivity contribution in [3.05, 3.63) is 10.5 Å². The molecule has 1 aromatic rings. The van der Waals surface area contributed by atoms with Gasteiger partial charge in [0, 0.05) is 6.04 Å². The molecule has 62 valence electrons. The molecule has 4 N–H and O–H groups in total. The molecule has 0 unspecified atom stereocenters. The Morgan fingerprint density at radius 3 is 2.55 bits per heavy atom. The maximum Gasteiger partial charge on any atom is 0.362 e. The van der Waals surface area contributed by atoms with E-state index >= 15 is 0 Å². The number of rotatable bonds is 2. The highest BCUT2D eigenvalue weighted by Gasteiger charge is 2.08. The lowest BCUT2D eigenvalue weighted by atomic mass is 10.4. The zero-order valence-electron chi connectivity index (χ0n) is 6.46. The molecule has 1 rings (SSSR count). The summed E-state index contributed by atoms with van der Waals surface area (Å²) < 4.78 is 0. The monoisotopic (exact) mass is 157 g/mol. The Balaban J connectivity index is 2.84. The number of hydrogen-bond donors (Lipinski definition) is 3. The summed E-state index contributed by atoms with van der Waals surface area (Å²) in [5.41, 5.74) is -0.420. The topological polar surface area (TPSA) is 90.8 Å². The third-order valence-corrected chi connectivity index (χ3v) is 1.29. The van der Waals surface area contributed by atoms with Crippen LogP contribution in [0, 0.1) is 0 Å². The third-order valence-electron chi connectivity index (χ3n) is 1.29. The van der Waals surface area contributed by atoms with Crippen LogP contribution in [-0.2, 0) is 0 Å². The summed E-state index contributed by atoms with van der Waals surface area (Å²) in [7, 11) is 0. The van der Waals surface area contributed by atoms with E-state index in [1.54, 1.807) is 0 Å². The van der Waals surface area contributed by atoms with Crippen molar-refractivity contribution in [2.24, 2.45) is 5.84 Å². The predicted octanol–water partition coefficient (Wildman–Crippen LogP) is -0.813. The van der Waals surface area contributed by atoms with E-state index in [-0.39, 0.29) is 6.04 Å². The van der Waals surface area contributed by atoms with Crippen LogP contribution < -0.4 is 16.5 Å². The molecular weight excluding hydrogens is 146 g/mol. The second-order valence-corrected chi connectivity index (χ2v) is 2.49. The first kappa shape index (κ1) is 7.80. The van der Waals surface area contributed by atoms with Crippen molar-refractivity contribution in [3.63, 3.8) is 0 Å². The first-order chi connectivity index (χ1) is 5.11. The Hall–Kier alpha value is -1.30. The number of nitrogens with zero attached hydrogens (tertiary/aromatic N) is 2. The minimum atomic E-state index is -0.420. The van der Waals surface area contributed by atoms with Crippen molar-refractivity contribution in [1.82, 2.24) is 15.2 Å². The van der Waals surface area contributed by atoms with Gasteiger partial charge < -0.3 is 0 Å². The Morgan fingerprint density at radius 1 is 1.55 bits per heavy atom. The molecule has 1 heterocycles. The van der Waals surface area contributed by atoms with Gasteiger partial charge in [0.25, 0.3) is 0 Å². The molecule has 0 radical (unpaired) electrons. The fraction of sp³-hybridized carbons (Fsp3) is 0.600. The minimum Gasteiger partial charge on any atom is -0.277 e. The molecule has 0 atom stereocenters. The minimum absolute atomic E-state index is 0.106. The normalized spacial score (nSPS) is 10.5. The van der Waals surface area contributed by atoms with Gasteiger partial charge in [-0.1, -0.05) is 0 Å². The molecule has 0 spiro atoms. The van der Waals surface area contributed by atoms with Gasteiger partial charge in [-0.3, -0.25) is 10.1 Å². The summed E-state index contributed by atoms with van der Waals surface area (Å²) in [4.78, 5) is 14.1. The molecule has 6 heteroatoms. The largest absolute Gasteiger partial charge is 0.362 e. The number of nitrogens with two attached hydrogens (primary N) is 1. The molecule has 1 aromatic heterocycles. The SMILES string of the molecule is CC(C)N(N)c1nc(=O)[nH][nH]1. The molecule has 0 aliphatic heterocycles. The van der Waals surface area contributed by atoms with E-state index < -0.39 is 5.69 Å². The van der Waals surface area contributed by atoms with Gasteiger partial charge in [-0.25, -0.2) is 15.7 Å². The molecular formula is C5H11N5O. The summed E-state index contributed by atoms with van der Waals surface area (Å²) in [6.45, 7) is 3.79. The molecule has 11 heavy (non-hydrogen) atoms. The van der Waals surface area contributed by atoms with Crippen LogP contribution in [0.2, 0.25) is 0 Å². The first-order valence-corrected chi connectivity index (χ1v) is 3.30. The van der Waals surface area contributed by atoms with Crippen molar-refractivity contribution >= 4 is 5.95 Å². The maximum absolute atomic E-state index is 10.5. The van der Waals surface area contributed by atoms with E-state index in [1.807, 2.05) is 13.8 Å². The van der Waals surface area contributed by atoms with E-state index in [0.717, 1.165) is 0 Å². The number of H-pyrrole nitrogens is 2. The second kappa shape index (κ2) is 2.75. The van der Waals surface area contributed by atoms with Gasteiger partial charge in [0.1, 0.15) is 0 Å². The molecule has 6 nitrogen and oxygen atoms in total.